The van der Waals surface area contributed by atoms with E-state index in [2.05, 4.69) is 27.9 Å². The van der Waals surface area contributed by atoms with Crippen LogP contribution >= 0.6 is 33.9 Å². The van der Waals surface area contributed by atoms with Gasteiger partial charge in [-0.05, 0) is 52.9 Å². The van der Waals surface area contributed by atoms with Gasteiger partial charge in [0.25, 0.3) is 5.91 Å². The molecule has 0 aliphatic rings. The predicted octanol–water partition coefficient (Wildman–Crippen LogP) is 3.30. The molecule has 0 radical (unpaired) electrons. The van der Waals surface area contributed by atoms with Gasteiger partial charge in [0.15, 0.2) is 0 Å². The first-order valence-electron chi connectivity index (χ1n) is 4.95. The molecule has 1 heterocycles. The average Bonchev–Trinajstić information content (AvgIpc) is 2.76. The molecular weight excluding hydrogens is 365 g/mol. The topological polar surface area (TPSA) is 66.4 Å². The summed E-state index contributed by atoms with van der Waals surface area (Å²) in [5.41, 5.74) is 1.37. The Morgan fingerprint density at radius 3 is 2.33 bits per heavy atom. The third-order valence-electron chi connectivity index (χ3n) is 2.22. The van der Waals surface area contributed by atoms with E-state index in [1.807, 2.05) is 0 Å². The molecule has 1 aromatic heterocycles. The second-order valence-corrected chi connectivity index (χ2v) is 6.28. The van der Waals surface area contributed by atoms with Crippen LogP contribution in [0.5, 0.6) is 0 Å². The number of rotatable bonds is 3. The zero-order chi connectivity index (χ0) is 13.1. The number of carboxylic acid groups (broad SMARTS) is 1. The maximum atomic E-state index is 11.8. The second kappa shape index (κ2) is 5.49. The number of amides is 1. The number of carboxylic acids is 1. The molecule has 0 spiro atoms. The lowest BCUT2D eigenvalue weighted by molar-refractivity contribution is 0.0696. The molecule has 0 saturated heterocycles. The highest BCUT2D eigenvalue weighted by atomic mass is 127. The number of aromatic carboxylic acids is 1. The van der Waals surface area contributed by atoms with Crippen LogP contribution in [-0.4, -0.2) is 17.0 Å². The molecule has 0 aliphatic heterocycles. The lowest BCUT2D eigenvalue weighted by atomic mass is 10.2. The van der Waals surface area contributed by atoms with E-state index in [0.29, 0.717) is 11.3 Å². The van der Waals surface area contributed by atoms with Crippen molar-refractivity contribution in [3.63, 3.8) is 0 Å². The normalized spacial score (nSPS) is 10.1. The second-order valence-electron chi connectivity index (χ2n) is 3.48. The third kappa shape index (κ3) is 3.08. The molecule has 0 bridgehead atoms. The van der Waals surface area contributed by atoms with Crippen molar-refractivity contribution >= 4 is 51.5 Å². The first-order chi connectivity index (χ1) is 8.56. The van der Waals surface area contributed by atoms with Crippen molar-refractivity contribution in [3.8, 4) is 0 Å². The fraction of sp³-hybridized carbons (Fsp3) is 0. The van der Waals surface area contributed by atoms with Gasteiger partial charge in [-0.3, -0.25) is 4.79 Å². The Bertz CT molecular complexity index is 592. The monoisotopic (exact) mass is 373 g/mol. The Kier molecular flexibility index (Phi) is 3.97. The fourth-order valence-corrected chi connectivity index (χ4v) is 2.66. The van der Waals surface area contributed by atoms with E-state index in [0.717, 1.165) is 2.88 Å². The van der Waals surface area contributed by atoms with E-state index < -0.39 is 5.97 Å². The van der Waals surface area contributed by atoms with E-state index in [1.165, 1.54) is 23.5 Å². The van der Waals surface area contributed by atoms with Crippen LogP contribution in [0.3, 0.4) is 0 Å². The van der Waals surface area contributed by atoms with E-state index in [1.54, 1.807) is 23.6 Å². The Hall–Kier alpha value is -1.41. The molecule has 0 aliphatic carbocycles. The summed E-state index contributed by atoms with van der Waals surface area (Å²) < 4.78 is 1.04. The van der Waals surface area contributed by atoms with Gasteiger partial charge < -0.3 is 10.4 Å². The van der Waals surface area contributed by atoms with Gasteiger partial charge in [-0.1, -0.05) is 0 Å². The van der Waals surface area contributed by atoms with Crippen LogP contribution in [0.2, 0.25) is 0 Å². The van der Waals surface area contributed by atoms with Crippen molar-refractivity contribution < 1.29 is 14.7 Å². The van der Waals surface area contributed by atoms with Gasteiger partial charge in [-0.25, -0.2) is 4.79 Å². The molecule has 4 nitrogen and oxygen atoms in total. The van der Waals surface area contributed by atoms with Gasteiger partial charge in [0.1, 0.15) is 0 Å². The summed E-state index contributed by atoms with van der Waals surface area (Å²) in [5.74, 6) is -1.18. The highest BCUT2D eigenvalue weighted by molar-refractivity contribution is 14.1. The number of thiophene rings is 1. The summed E-state index contributed by atoms with van der Waals surface area (Å²) in [6.45, 7) is 0. The van der Waals surface area contributed by atoms with Crippen LogP contribution in [0.1, 0.15) is 20.7 Å². The average molecular weight is 373 g/mol. The number of carbonyl (C=O) groups is 2. The summed E-state index contributed by atoms with van der Waals surface area (Å²) in [7, 11) is 0. The number of benzene rings is 1. The Balaban J connectivity index is 2.10. The minimum absolute atomic E-state index is 0.193. The molecule has 2 N–H and O–H groups in total. The van der Waals surface area contributed by atoms with Gasteiger partial charge in [-0.15, -0.1) is 11.3 Å². The standard InChI is InChI=1S/C12H8INO3S/c13-10-5-8(6-18-10)11(15)14-9-3-1-7(2-4-9)12(16)17/h1-6H,(H,14,15)(H,16,17). The zero-order valence-corrected chi connectivity index (χ0v) is 12.0. The maximum absolute atomic E-state index is 11.8. The number of halogens is 1. The number of carbonyl (C=O) groups excluding carboxylic acids is 1. The fourth-order valence-electron chi connectivity index (χ4n) is 1.33. The first-order valence-corrected chi connectivity index (χ1v) is 6.91. The van der Waals surface area contributed by atoms with Crippen LogP contribution in [0.25, 0.3) is 0 Å². The molecule has 0 saturated carbocycles. The third-order valence-corrected chi connectivity index (χ3v) is 4.01. The Morgan fingerprint density at radius 1 is 1.17 bits per heavy atom. The number of hydrogen-bond acceptors (Lipinski definition) is 3. The smallest absolute Gasteiger partial charge is 0.335 e. The lowest BCUT2D eigenvalue weighted by Gasteiger charge is -2.03. The van der Waals surface area contributed by atoms with Gasteiger partial charge in [-0.2, -0.15) is 0 Å². The quantitative estimate of drug-likeness (QED) is 0.812. The molecule has 0 atom stereocenters. The Labute approximate surface area is 121 Å². The van der Waals surface area contributed by atoms with Gasteiger partial charge in [0.05, 0.1) is 14.0 Å². The van der Waals surface area contributed by atoms with Gasteiger partial charge in [0, 0.05) is 11.1 Å². The number of nitrogens with one attached hydrogen (secondary N) is 1. The van der Waals surface area contributed by atoms with Crippen molar-refractivity contribution in [1.29, 1.82) is 0 Å². The first kappa shape index (κ1) is 13.0. The van der Waals surface area contributed by atoms with Crippen molar-refractivity contribution in [2.24, 2.45) is 0 Å². The molecule has 92 valence electrons. The van der Waals surface area contributed by atoms with Crippen molar-refractivity contribution in [2.75, 3.05) is 5.32 Å². The highest BCUT2D eigenvalue weighted by Gasteiger charge is 2.08. The molecule has 1 aromatic carbocycles. The summed E-state index contributed by atoms with van der Waals surface area (Å²) in [5, 5.41) is 13.2. The van der Waals surface area contributed by atoms with Crippen molar-refractivity contribution in [1.82, 2.24) is 0 Å². The number of anilines is 1. The molecule has 0 fully saturated rings. The summed E-state index contributed by atoms with van der Waals surface area (Å²) in [4.78, 5) is 22.5. The highest BCUT2D eigenvalue weighted by Crippen LogP contribution is 2.18. The SMILES string of the molecule is O=C(O)c1ccc(NC(=O)c2csc(I)c2)cc1. The van der Waals surface area contributed by atoms with Crippen molar-refractivity contribution in [3.05, 3.63) is 49.7 Å². The molecule has 1 amide bonds. The molecular formula is C12H8INO3S. The van der Waals surface area contributed by atoms with Crippen LogP contribution in [0.4, 0.5) is 5.69 Å². The van der Waals surface area contributed by atoms with Gasteiger partial charge in [0.2, 0.25) is 0 Å². The Morgan fingerprint density at radius 2 is 1.83 bits per heavy atom. The molecule has 2 rings (SSSR count). The molecule has 6 heteroatoms. The summed E-state index contributed by atoms with van der Waals surface area (Å²) >= 11 is 3.65. The minimum Gasteiger partial charge on any atom is -0.478 e. The van der Waals surface area contributed by atoms with E-state index >= 15 is 0 Å². The number of hydrogen-bond donors (Lipinski definition) is 2. The molecule has 18 heavy (non-hydrogen) atoms. The zero-order valence-electron chi connectivity index (χ0n) is 9.01. The van der Waals surface area contributed by atoms with Crippen LogP contribution in [0.15, 0.2) is 35.7 Å². The van der Waals surface area contributed by atoms with E-state index in [-0.39, 0.29) is 11.5 Å². The largest absolute Gasteiger partial charge is 0.478 e. The predicted molar refractivity (Wildman–Crippen MR) is 78.4 cm³/mol. The lowest BCUT2D eigenvalue weighted by Crippen LogP contribution is -2.10. The van der Waals surface area contributed by atoms with Gasteiger partial charge >= 0.3 is 5.97 Å². The van der Waals surface area contributed by atoms with Crippen LogP contribution < -0.4 is 5.32 Å². The summed E-state index contributed by atoms with van der Waals surface area (Å²) in [6, 6.07) is 7.84. The molecule has 0 unspecified atom stereocenters. The maximum Gasteiger partial charge on any atom is 0.335 e. The van der Waals surface area contributed by atoms with E-state index in [9.17, 15) is 9.59 Å². The van der Waals surface area contributed by atoms with Crippen molar-refractivity contribution in [2.45, 2.75) is 0 Å². The molecule has 2 aromatic rings. The van der Waals surface area contributed by atoms with E-state index in [4.69, 9.17) is 5.11 Å². The van der Waals surface area contributed by atoms with Crippen LogP contribution in [0, 0.1) is 2.88 Å². The summed E-state index contributed by atoms with van der Waals surface area (Å²) in [6.07, 6.45) is 0. The van der Waals surface area contributed by atoms with Crippen LogP contribution in [-0.2, 0) is 0 Å². The minimum atomic E-state index is -0.986.